The Labute approximate surface area is 110 Å². The highest BCUT2D eigenvalue weighted by Crippen LogP contribution is 2.26. The van der Waals surface area contributed by atoms with E-state index in [-0.39, 0.29) is 0 Å². The molecule has 0 aliphatic carbocycles. The molecule has 2 nitrogen and oxygen atoms in total. The van der Waals surface area contributed by atoms with Crippen LogP contribution in [0.5, 0.6) is 0 Å². The first-order valence-corrected chi connectivity index (χ1v) is 7.66. The molecule has 0 radical (unpaired) electrons. The summed E-state index contributed by atoms with van der Waals surface area (Å²) in [4.78, 5) is 12.2. The summed E-state index contributed by atoms with van der Waals surface area (Å²) in [5, 5.41) is 2.06. The fourth-order valence-corrected chi connectivity index (χ4v) is 3.14. The van der Waals surface area contributed by atoms with Crippen LogP contribution in [0.25, 0.3) is 10.6 Å². The molecule has 2 heterocycles. The van der Waals surface area contributed by atoms with Crippen LogP contribution in [-0.2, 0) is 6.54 Å². The molecule has 2 aromatic rings. The van der Waals surface area contributed by atoms with E-state index in [1.807, 2.05) is 30.0 Å². The Balaban J connectivity index is 2.26. The Morgan fingerprint density at radius 2 is 2.29 bits per heavy atom. The van der Waals surface area contributed by atoms with Crippen molar-refractivity contribution in [3.05, 3.63) is 35.3 Å². The first-order valence-electron chi connectivity index (χ1n) is 5.63. The quantitative estimate of drug-likeness (QED) is 0.585. The summed E-state index contributed by atoms with van der Waals surface area (Å²) in [6, 6.07) is 8.07. The SMILES string of the molecule is CCSCCn1c(C=O)ccc1-c1cccs1. The Morgan fingerprint density at radius 3 is 2.94 bits per heavy atom. The number of rotatable bonds is 6. The van der Waals surface area contributed by atoms with Crippen molar-refractivity contribution in [3.8, 4) is 10.6 Å². The first kappa shape index (κ1) is 12.5. The molecule has 2 rings (SSSR count). The Morgan fingerprint density at radius 1 is 1.41 bits per heavy atom. The van der Waals surface area contributed by atoms with E-state index in [1.165, 1.54) is 4.88 Å². The second-order valence-electron chi connectivity index (χ2n) is 3.59. The molecule has 0 fully saturated rings. The van der Waals surface area contributed by atoms with Crippen LogP contribution in [0.1, 0.15) is 17.4 Å². The third-order valence-electron chi connectivity index (χ3n) is 2.57. The fraction of sp³-hybridized carbons (Fsp3) is 0.308. The van der Waals surface area contributed by atoms with Gasteiger partial charge in [0, 0.05) is 12.3 Å². The maximum absolute atomic E-state index is 11.0. The maximum Gasteiger partial charge on any atom is 0.166 e. The average Bonchev–Trinajstić information content (AvgIpc) is 2.97. The van der Waals surface area contributed by atoms with Crippen LogP contribution >= 0.6 is 23.1 Å². The molecule has 0 aliphatic heterocycles. The molecule has 4 heteroatoms. The summed E-state index contributed by atoms with van der Waals surface area (Å²) in [7, 11) is 0. The normalized spacial score (nSPS) is 10.6. The molecular formula is C13H15NOS2. The van der Waals surface area contributed by atoms with Crippen molar-refractivity contribution in [2.24, 2.45) is 0 Å². The molecule has 17 heavy (non-hydrogen) atoms. The zero-order valence-electron chi connectivity index (χ0n) is 9.76. The minimum absolute atomic E-state index is 0.769. The molecule has 0 amide bonds. The predicted octanol–water partition coefficient (Wildman–Crippen LogP) is 3.78. The summed E-state index contributed by atoms with van der Waals surface area (Å²) in [6.45, 7) is 3.05. The van der Waals surface area contributed by atoms with Gasteiger partial charge in [-0.15, -0.1) is 11.3 Å². The van der Waals surface area contributed by atoms with Gasteiger partial charge < -0.3 is 4.57 Å². The van der Waals surface area contributed by atoms with Gasteiger partial charge in [-0.1, -0.05) is 13.0 Å². The number of thioether (sulfide) groups is 1. The average molecular weight is 265 g/mol. The molecule has 0 aliphatic rings. The van der Waals surface area contributed by atoms with Crippen molar-refractivity contribution in [2.45, 2.75) is 13.5 Å². The summed E-state index contributed by atoms with van der Waals surface area (Å²) in [5.41, 5.74) is 1.92. The molecule has 0 unspecified atom stereocenters. The number of carbonyl (C=O) groups excluding carboxylic acids is 1. The molecular weight excluding hydrogens is 250 g/mol. The van der Waals surface area contributed by atoms with Gasteiger partial charge >= 0.3 is 0 Å². The lowest BCUT2D eigenvalue weighted by Gasteiger charge is -2.09. The molecule has 0 saturated carbocycles. The third-order valence-corrected chi connectivity index (χ3v) is 4.34. The van der Waals surface area contributed by atoms with E-state index < -0.39 is 0 Å². The van der Waals surface area contributed by atoms with Crippen molar-refractivity contribution >= 4 is 29.4 Å². The number of carbonyl (C=O) groups is 1. The summed E-state index contributed by atoms with van der Waals surface area (Å²) >= 11 is 3.61. The number of thiophene rings is 1. The lowest BCUT2D eigenvalue weighted by Crippen LogP contribution is -2.05. The summed E-state index contributed by atoms with van der Waals surface area (Å²) in [5.74, 6) is 2.16. The maximum atomic E-state index is 11.0. The largest absolute Gasteiger partial charge is 0.337 e. The highest BCUT2D eigenvalue weighted by atomic mass is 32.2. The smallest absolute Gasteiger partial charge is 0.166 e. The molecule has 0 atom stereocenters. The molecule has 0 spiro atoms. The van der Waals surface area contributed by atoms with E-state index in [2.05, 4.69) is 22.9 Å². The van der Waals surface area contributed by atoms with Crippen molar-refractivity contribution in [3.63, 3.8) is 0 Å². The van der Waals surface area contributed by atoms with Crippen LogP contribution in [0.2, 0.25) is 0 Å². The van der Waals surface area contributed by atoms with Crippen molar-refractivity contribution in [1.29, 1.82) is 0 Å². The van der Waals surface area contributed by atoms with E-state index in [0.29, 0.717) is 0 Å². The highest BCUT2D eigenvalue weighted by Gasteiger charge is 2.09. The molecule has 0 bridgehead atoms. The zero-order valence-corrected chi connectivity index (χ0v) is 11.4. The lowest BCUT2D eigenvalue weighted by molar-refractivity contribution is 0.111. The standard InChI is InChI=1S/C13H15NOS2/c1-2-16-9-7-14-11(10-15)5-6-12(14)13-4-3-8-17-13/h3-6,8,10H,2,7,9H2,1H3. The topological polar surface area (TPSA) is 22.0 Å². The Kier molecular flexibility index (Phi) is 4.45. The first-order chi connectivity index (χ1) is 8.36. The van der Waals surface area contributed by atoms with Gasteiger partial charge in [0.15, 0.2) is 6.29 Å². The van der Waals surface area contributed by atoms with E-state index in [4.69, 9.17) is 0 Å². The van der Waals surface area contributed by atoms with Crippen LogP contribution in [0.4, 0.5) is 0 Å². The van der Waals surface area contributed by atoms with Crippen LogP contribution in [0.15, 0.2) is 29.6 Å². The molecule has 2 aromatic heterocycles. The predicted molar refractivity (Wildman–Crippen MR) is 76.1 cm³/mol. The Bertz CT molecular complexity index is 474. The fourth-order valence-electron chi connectivity index (χ4n) is 1.78. The van der Waals surface area contributed by atoms with Crippen LogP contribution in [-0.4, -0.2) is 22.4 Å². The molecule has 90 valence electrons. The van der Waals surface area contributed by atoms with Gasteiger partial charge in [0.2, 0.25) is 0 Å². The summed E-state index contributed by atoms with van der Waals surface area (Å²) < 4.78 is 2.11. The third kappa shape index (κ3) is 2.82. The van der Waals surface area contributed by atoms with Gasteiger partial charge in [-0.2, -0.15) is 11.8 Å². The van der Waals surface area contributed by atoms with Crippen molar-refractivity contribution in [2.75, 3.05) is 11.5 Å². The van der Waals surface area contributed by atoms with E-state index in [9.17, 15) is 4.79 Å². The number of hydrogen-bond acceptors (Lipinski definition) is 3. The van der Waals surface area contributed by atoms with Crippen LogP contribution in [0, 0.1) is 0 Å². The van der Waals surface area contributed by atoms with E-state index in [1.54, 1.807) is 11.3 Å². The number of aromatic nitrogens is 1. The van der Waals surface area contributed by atoms with Crippen molar-refractivity contribution < 1.29 is 4.79 Å². The minimum Gasteiger partial charge on any atom is -0.337 e. The second kappa shape index (κ2) is 6.07. The van der Waals surface area contributed by atoms with Gasteiger partial charge in [0.25, 0.3) is 0 Å². The lowest BCUT2D eigenvalue weighted by atomic mass is 10.3. The van der Waals surface area contributed by atoms with Gasteiger partial charge in [-0.25, -0.2) is 0 Å². The van der Waals surface area contributed by atoms with Crippen LogP contribution < -0.4 is 0 Å². The molecule has 0 aromatic carbocycles. The van der Waals surface area contributed by atoms with Gasteiger partial charge in [-0.3, -0.25) is 4.79 Å². The molecule has 0 saturated heterocycles. The minimum atomic E-state index is 0.769. The summed E-state index contributed by atoms with van der Waals surface area (Å²) in [6.07, 6.45) is 0.938. The van der Waals surface area contributed by atoms with Gasteiger partial charge in [0.1, 0.15) is 0 Å². The monoisotopic (exact) mass is 265 g/mol. The zero-order chi connectivity index (χ0) is 12.1. The Hall–Kier alpha value is -1.00. The van der Waals surface area contributed by atoms with Gasteiger partial charge in [0.05, 0.1) is 16.3 Å². The molecule has 0 N–H and O–H groups in total. The number of hydrogen-bond donors (Lipinski definition) is 0. The van der Waals surface area contributed by atoms with E-state index >= 15 is 0 Å². The number of nitrogens with zero attached hydrogens (tertiary/aromatic N) is 1. The van der Waals surface area contributed by atoms with Gasteiger partial charge in [-0.05, 0) is 29.3 Å². The van der Waals surface area contributed by atoms with Crippen molar-refractivity contribution in [1.82, 2.24) is 4.57 Å². The number of aldehydes is 1. The highest BCUT2D eigenvalue weighted by molar-refractivity contribution is 7.99. The van der Waals surface area contributed by atoms with E-state index in [0.717, 1.165) is 35.7 Å². The van der Waals surface area contributed by atoms with Crippen LogP contribution in [0.3, 0.4) is 0 Å². The second-order valence-corrected chi connectivity index (χ2v) is 5.93.